The highest BCUT2D eigenvalue weighted by atomic mass is 32.2. The van der Waals surface area contributed by atoms with Crippen molar-refractivity contribution in [3.8, 4) is 0 Å². The quantitative estimate of drug-likeness (QED) is 0.571. The third-order valence-electron chi connectivity index (χ3n) is 1.67. The minimum atomic E-state index is 0.171. The molecule has 0 bridgehead atoms. The van der Waals surface area contributed by atoms with E-state index < -0.39 is 0 Å². The summed E-state index contributed by atoms with van der Waals surface area (Å²) in [5.41, 5.74) is 0.678. The van der Waals surface area contributed by atoms with Gasteiger partial charge >= 0.3 is 0 Å². The Labute approximate surface area is 65.9 Å². The van der Waals surface area contributed by atoms with Gasteiger partial charge in [0, 0.05) is 5.25 Å². The molecule has 0 N–H and O–H groups in total. The first-order valence-electron chi connectivity index (χ1n) is 3.56. The summed E-state index contributed by atoms with van der Waals surface area (Å²) >= 11 is 1.46. The fraction of sp³-hybridized carbons (Fsp3) is 0.625. The lowest BCUT2D eigenvalue weighted by atomic mass is 10.0. The van der Waals surface area contributed by atoms with E-state index >= 15 is 0 Å². The molecule has 10 heavy (non-hydrogen) atoms. The Kier molecular flexibility index (Phi) is 2.55. The standard InChI is InChI=1S/C8H12OS/c1-6(2)8(9)10-7-4-3-5-7/h7H,1,3-5H2,2H3. The van der Waals surface area contributed by atoms with Gasteiger partial charge in [-0.05, 0) is 25.3 Å². The molecular weight excluding hydrogens is 144 g/mol. The lowest BCUT2D eigenvalue weighted by Crippen LogP contribution is -2.15. The van der Waals surface area contributed by atoms with Crippen LogP contribution >= 0.6 is 11.8 Å². The molecule has 56 valence electrons. The third kappa shape index (κ3) is 1.87. The molecule has 0 aromatic rings. The number of rotatable bonds is 2. The van der Waals surface area contributed by atoms with Gasteiger partial charge in [-0.15, -0.1) is 0 Å². The number of thioether (sulfide) groups is 1. The summed E-state index contributed by atoms with van der Waals surface area (Å²) in [6.07, 6.45) is 3.72. The molecule has 1 rings (SSSR count). The molecule has 1 fully saturated rings. The van der Waals surface area contributed by atoms with Gasteiger partial charge in [0.15, 0.2) is 0 Å². The molecule has 1 saturated carbocycles. The fourth-order valence-corrected chi connectivity index (χ4v) is 1.81. The van der Waals surface area contributed by atoms with Crippen LogP contribution in [0.2, 0.25) is 0 Å². The first-order valence-corrected chi connectivity index (χ1v) is 4.44. The van der Waals surface area contributed by atoms with Crippen molar-refractivity contribution in [1.29, 1.82) is 0 Å². The molecular formula is C8H12OS. The predicted molar refractivity (Wildman–Crippen MR) is 45.1 cm³/mol. The number of hydrogen-bond acceptors (Lipinski definition) is 2. The molecule has 0 aromatic carbocycles. The maximum atomic E-state index is 11.0. The highest BCUT2D eigenvalue weighted by Gasteiger charge is 2.21. The summed E-state index contributed by atoms with van der Waals surface area (Å²) in [5.74, 6) is 0. The van der Waals surface area contributed by atoms with E-state index in [9.17, 15) is 4.79 Å². The van der Waals surface area contributed by atoms with Crippen molar-refractivity contribution in [3.63, 3.8) is 0 Å². The average molecular weight is 156 g/mol. The van der Waals surface area contributed by atoms with Crippen LogP contribution in [0.3, 0.4) is 0 Å². The first-order chi connectivity index (χ1) is 4.70. The molecule has 1 aliphatic carbocycles. The Morgan fingerprint density at radius 1 is 1.60 bits per heavy atom. The molecule has 0 spiro atoms. The van der Waals surface area contributed by atoms with E-state index in [0.717, 1.165) is 0 Å². The van der Waals surface area contributed by atoms with Crippen molar-refractivity contribution >= 4 is 16.9 Å². The molecule has 0 aliphatic heterocycles. The number of carbonyl (C=O) groups excluding carboxylic acids is 1. The number of hydrogen-bond donors (Lipinski definition) is 0. The summed E-state index contributed by atoms with van der Waals surface area (Å²) in [5, 5.41) is 0.772. The number of carbonyl (C=O) groups is 1. The van der Waals surface area contributed by atoms with Crippen LogP contribution in [-0.2, 0) is 4.79 Å². The monoisotopic (exact) mass is 156 g/mol. The van der Waals surface area contributed by atoms with E-state index in [1.165, 1.54) is 31.0 Å². The highest BCUT2D eigenvalue weighted by molar-refractivity contribution is 8.14. The van der Waals surface area contributed by atoms with E-state index in [0.29, 0.717) is 10.8 Å². The molecule has 1 aliphatic rings. The van der Waals surface area contributed by atoms with Gasteiger partial charge in [-0.3, -0.25) is 4.79 Å². The van der Waals surface area contributed by atoms with Gasteiger partial charge in [0.05, 0.1) is 0 Å². The van der Waals surface area contributed by atoms with Crippen LogP contribution in [0.4, 0.5) is 0 Å². The summed E-state index contributed by atoms with van der Waals surface area (Å²) < 4.78 is 0. The molecule has 0 aromatic heterocycles. The molecule has 0 heterocycles. The summed E-state index contributed by atoms with van der Waals surface area (Å²) in [7, 11) is 0. The van der Waals surface area contributed by atoms with Crippen LogP contribution in [0.15, 0.2) is 12.2 Å². The van der Waals surface area contributed by atoms with Gasteiger partial charge in [-0.25, -0.2) is 0 Å². The zero-order valence-corrected chi connectivity index (χ0v) is 7.04. The SMILES string of the molecule is C=C(C)C(=O)SC1CCC1. The van der Waals surface area contributed by atoms with Gasteiger partial charge in [-0.1, -0.05) is 24.8 Å². The smallest absolute Gasteiger partial charge is 0.214 e. The van der Waals surface area contributed by atoms with Crippen LogP contribution in [-0.4, -0.2) is 10.4 Å². The van der Waals surface area contributed by atoms with E-state index in [2.05, 4.69) is 6.58 Å². The van der Waals surface area contributed by atoms with Gasteiger partial charge < -0.3 is 0 Å². The Morgan fingerprint density at radius 2 is 2.20 bits per heavy atom. The van der Waals surface area contributed by atoms with E-state index in [-0.39, 0.29) is 5.12 Å². The van der Waals surface area contributed by atoms with Crippen molar-refractivity contribution < 1.29 is 4.79 Å². The molecule has 1 nitrogen and oxygen atoms in total. The second-order valence-electron chi connectivity index (χ2n) is 2.74. The fourth-order valence-electron chi connectivity index (χ4n) is 0.741. The summed E-state index contributed by atoms with van der Waals surface area (Å²) in [4.78, 5) is 11.0. The Bertz CT molecular complexity index is 159. The third-order valence-corrected chi connectivity index (χ3v) is 3.04. The van der Waals surface area contributed by atoms with E-state index in [1.54, 1.807) is 6.92 Å². The van der Waals surface area contributed by atoms with Crippen molar-refractivity contribution in [3.05, 3.63) is 12.2 Å². The van der Waals surface area contributed by atoms with Gasteiger partial charge in [0.1, 0.15) is 0 Å². The second-order valence-corrected chi connectivity index (χ2v) is 4.01. The van der Waals surface area contributed by atoms with Crippen molar-refractivity contribution in [2.24, 2.45) is 0 Å². The highest BCUT2D eigenvalue weighted by Crippen LogP contribution is 2.32. The van der Waals surface area contributed by atoms with Crippen LogP contribution in [0, 0.1) is 0 Å². The minimum Gasteiger partial charge on any atom is -0.282 e. The minimum absolute atomic E-state index is 0.171. The molecule has 2 heteroatoms. The first kappa shape index (κ1) is 7.86. The zero-order valence-electron chi connectivity index (χ0n) is 6.22. The maximum Gasteiger partial charge on any atom is 0.214 e. The summed E-state index contributed by atoms with van der Waals surface area (Å²) in [6, 6.07) is 0. The van der Waals surface area contributed by atoms with Crippen molar-refractivity contribution in [2.45, 2.75) is 31.4 Å². The zero-order chi connectivity index (χ0) is 7.56. The molecule has 0 radical (unpaired) electrons. The normalized spacial score (nSPS) is 18.1. The van der Waals surface area contributed by atoms with Crippen LogP contribution < -0.4 is 0 Å². The Hall–Kier alpha value is -0.240. The largest absolute Gasteiger partial charge is 0.282 e. The van der Waals surface area contributed by atoms with Crippen LogP contribution in [0.5, 0.6) is 0 Å². The average Bonchev–Trinajstić information content (AvgIpc) is 1.77. The van der Waals surface area contributed by atoms with Gasteiger partial charge in [0.25, 0.3) is 0 Å². The lowest BCUT2D eigenvalue weighted by molar-refractivity contribution is -0.107. The van der Waals surface area contributed by atoms with E-state index in [4.69, 9.17) is 0 Å². The second kappa shape index (κ2) is 3.24. The Morgan fingerprint density at radius 3 is 2.50 bits per heavy atom. The van der Waals surface area contributed by atoms with E-state index in [1.807, 2.05) is 0 Å². The molecule has 0 atom stereocenters. The van der Waals surface area contributed by atoms with Crippen molar-refractivity contribution in [2.75, 3.05) is 0 Å². The van der Waals surface area contributed by atoms with Gasteiger partial charge in [-0.2, -0.15) is 0 Å². The molecule has 0 amide bonds. The maximum absolute atomic E-state index is 11.0. The molecule has 0 saturated heterocycles. The topological polar surface area (TPSA) is 17.1 Å². The van der Waals surface area contributed by atoms with Crippen LogP contribution in [0.1, 0.15) is 26.2 Å². The Balaban J connectivity index is 2.23. The predicted octanol–water partition coefficient (Wildman–Crippen LogP) is 2.37. The molecule has 0 unspecified atom stereocenters. The van der Waals surface area contributed by atoms with Crippen LogP contribution in [0.25, 0.3) is 0 Å². The van der Waals surface area contributed by atoms with Crippen molar-refractivity contribution in [1.82, 2.24) is 0 Å². The lowest BCUT2D eigenvalue weighted by Gasteiger charge is -2.23. The van der Waals surface area contributed by atoms with Gasteiger partial charge in [0.2, 0.25) is 5.12 Å². The summed E-state index contributed by atoms with van der Waals surface area (Å²) in [6.45, 7) is 5.37.